The maximum absolute atomic E-state index is 13.3. The van der Waals surface area contributed by atoms with Crippen LogP contribution in [0.4, 0.5) is 4.39 Å². The Bertz CT molecular complexity index is 1290. The molecule has 0 saturated heterocycles. The van der Waals surface area contributed by atoms with Crippen molar-refractivity contribution in [2.24, 2.45) is 0 Å². The maximum Gasteiger partial charge on any atom is 0.272 e. The number of carbonyl (C=O) groups excluding carboxylic acids is 1. The van der Waals surface area contributed by atoms with Gasteiger partial charge in [0.15, 0.2) is 9.60 Å². The fourth-order valence-electron chi connectivity index (χ4n) is 3.26. The van der Waals surface area contributed by atoms with Gasteiger partial charge in [-0.05, 0) is 67.5 Å². The van der Waals surface area contributed by atoms with E-state index in [1.807, 2.05) is 23.6 Å². The smallest absolute Gasteiger partial charge is 0.267 e. The summed E-state index contributed by atoms with van der Waals surface area (Å²) >= 11 is 6.74. The number of carbonyl (C=O) groups is 1. The fraction of sp³-hybridized carbons (Fsp3) is 0.143. The van der Waals surface area contributed by atoms with Crippen LogP contribution in [0.3, 0.4) is 0 Å². The van der Waals surface area contributed by atoms with Gasteiger partial charge in [-0.15, -0.1) is 11.3 Å². The molecule has 1 fully saturated rings. The van der Waals surface area contributed by atoms with Crippen LogP contribution in [-0.2, 0) is 0 Å². The van der Waals surface area contributed by atoms with Gasteiger partial charge in [0.05, 0.1) is 17.0 Å². The average molecular weight is 423 g/mol. The van der Waals surface area contributed by atoms with Gasteiger partial charge >= 0.3 is 0 Å². The van der Waals surface area contributed by atoms with Gasteiger partial charge in [-0.25, -0.2) is 19.0 Å². The molecule has 5 nitrogen and oxygen atoms in total. The quantitative estimate of drug-likeness (QED) is 0.454. The minimum atomic E-state index is -0.317. The van der Waals surface area contributed by atoms with Gasteiger partial charge in [0.1, 0.15) is 5.82 Å². The van der Waals surface area contributed by atoms with Gasteiger partial charge in [-0.3, -0.25) is 10.2 Å². The predicted octanol–water partition coefficient (Wildman–Crippen LogP) is 5.29. The summed E-state index contributed by atoms with van der Waals surface area (Å²) in [7, 11) is 0. The number of hydrogen-bond acceptors (Lipinski definition) is 5. The number of fused-ring (bicyclic) bond motifs is 1. The number of nitrogens with zero attached hydrogens (tertiary/aromatic N) is 3. The molecule has 8 heteroatoms. The van der Waals surface area contributed by atoms with Crippen LogP contribution in [-0.4, -0.2) is 20.6 Å². The third-order valence-electron chi connectivity index (χ3n) is 4.88. The van der Waals surface area contributed by atoms with Crippen LogP contribution in [0.1, 0.15) is 34.8 Å². The normalized spacial score (nSPS) is 13.6. The van der Waals surface area contributed by atoms with Crippen molar-refractivity contribution >= 4 is 40.5 Å². The molecule has 4 aromatic rings. The van der Waals surface area contributed by atoms with E-state index < -0.39 is 0 Å². The lowest BCUT2D eigenvalue weighted by Crippen LogP contribution is -2.25. The molecule has 0 bridgehead atoms. The Morgan fingerprint density at radius 2 is 2.03 bits per heavy atom. The van der Waals surface area contributed by atoms with E-state index in [0.29, 0.717) is 20.9 Å². The van der Waals surface area contributed by atoms with Crippen LogP contribution in [0.25, 0.3) is 22.3 Å². The molecule has 3 aromatic heterocycles. The highest BCUT2D eigenvalue weighted by Gasteiger charge is 2.30. The topological polar surface area (TPSA) is 59.8 Å². The molecule has 5 rings (SSSR count). The van der Waals surface area contributed by atoms with Gasteiger partial charge in [0.25, 0.3) is 5.91 Å². The zero-order valence-electron chi connectivity index (χ0n) is 15.1. The van der Waals surface area contributed by atoms with E-state index in [1.165, 1.54) is 23.5 Å². The highest BCUT2D eigenvalue weighted by Crippen LogP contribution is 2.41. The summed E-state index contributed by atoms with van der Waals surface area (Å²) in [5.41, 5.74) is 6.33. The van der Waals surface area contributed by atoms with Crippen molar-refractivity contribution in [2.45, 2.75) is 18.8 Å². The second-order valence-electron chi connectivity index (χ2n) is 6.92. The highest BCUT2D eigenvalue weighted by molar-refractivity contribution is 7.73. The lowest BCUT2D eigenvalue weighted by Gasteiger charge is -2.13. The van der Waals surface area contributed by atoms with Crippen molar-refractivity contribution in [3.05, 3.63) is 75.1 Å². The van der Waals surface area contributed by atoms with Crippen LogP contribution in [0, 0.1) is 9.77 Å². The van der Waals surface area contributed by atoms with Gasteiger partial charge in [-0.2, -0.15) is 0 Å². The molecule has 29 heavy (non-hydrogen) atoms. The van der Waals surface area contributed by atoms with Crippen LogP contribution in [0.15, 0.2) is 54.0 Å². The molecule has 1 aliphatic carbocycles. The van der Waals surface area contributed by atoms with E-state index in [9.17, 15) is 9.18 Å². The van der Waals surface area contributed by atoms with E-state index in [1.54, 1.807) is 23.0 Å². The average Bonchev–Trinajstić information content (AvgIpc) is 3.52. The van der Waals surface area contributed by atoms with E-state index in [2.05, 4.69) is 15.4 Å². The summed E-state index contributed by atoms with van der Waals surface area (Å²) in [6.45, 7) is 0. The molecule has 1 amide bonds. The molecule has 1 aliphatic rings. The predicted molar refractivity (Wildman–Crippen MR) is 114 cm³/mol. The van der Waals surface area contributed by atoms with Crippen LogP contribution < -0.4 is 5.43 Å². The Labute approximate surface area is 174 Å². The fourth-order valence-corrected chi connectivity index (χ4v) is 4.26. The zero-order chi connectivity index (χ0) is 20.0. The van der Waals surface area contributed by atoms with Crippen LogP contribution in [0.5, 0.6) is 0 Å². The number of thiazole rings is 1. The first-order valence-corrected chi connectivity index (χ1v) is 10.4. The summed E-state index contributed by atoms with van der Waals surface area (Å²) in [5, 5.41) is 2.66. The number of hydrogen-bond donors (Lipinski definition) is 1. The number of nitrogens with one attached hydrogen (secondary N) is 1. The second kappa shape index (κ2) is 7.13. The molecule has 0 aliphatic heterocycles. The Kier molecular flexibility index (Phi) is 4.44. The monoisotopic (exact) mass is 422 g/mol. The summed E-state index contributed by atoms with van der Waals surface area (Å²) in [5.74, 6) is -0.305. The SMILES string of the molecule is O=C(Nn1c(-c2ccc(F)cc2)csc1=S)c1cc2cccnc2nc1C1CC1. The number of amides is 1. The van der Waals surface area contributed by atoms with Crippen LogP contribution >= 0.6 is 23.6 Å². The molecule has 1 N–H and O–H groups in total. The first kappa shape index (κ1) is 18.1. The summed E-state index contributed by atoms with van der Waals surface area (Å²) in [6, 6.07) is 11.6. The third kappa shape index (κ3) is 3.45. The molecule has 3 heterocycles. The van der Waals surface area contributed by atoms with Crippen molar-refractivity contribution < 1.29 is 9.18 Å². The lowest BCUT2D eigenvalue weighted by atomic mass is 10.1. The standard InChI is InChI=1S/C21H15FN4OS2/c22-15-7-5-12(6-8-15)17-11-29-21(28)26(17)25-20(27)16-10-14-2-1-9-23-19(14)24-18(16)13-3-4-13/h1-2,5-11,13H,3-4H2,(H,25,27). The number of halogens is 1. The van der Waals surface area contributed by atoms with Crippen molar-refractivity contribution in [1.82, 2.24) is 14.6 Å². The van der Waals surface area contributed by atoms with Gasteiger partial charge in [0, 0.05) is 28.4 Å². The highest BCUT2D eigenvalue weighted by atomic mass is 32.1. The number of aromatic nitrogens is 3. The molecule has 0 atom stereocenters. The van der Waals surface area contributed by atoms with E-state index in [4.69, 9.17) is 12.2 Å². The van der Waals surface area contributed by atoms with E-state index in [-0.39, 0.29) is 17.6 Å². The largest absolute Gasteiger partial charge is 0.272 e. The van der Waals surface area contributed by atoms with Crippen LogP contribution in [0.2, 0.25) is 0 Å². The maximum atomic E-state index is 13.3. The van der Waals surface area contributed by atoms with Crippen molar-refractivity contribution in [3.63, 3.8) is 0 Å². The first-order valence-electron chi connectivity index (χ1n) is 9.13. The molecule has 0 spiro atoms. The van der Waals surface area contributed by atoms with Gasteiger partial charge in [-0.1, -0.05) is 0 Å². The molecular formula is C21H15FN4OS2. The van der Waals surface area contributed by atoms with E-state index in [0.717, 1.165) is 29.5 Å². The number of benzene rings is 1. The summed E-state index contributed by atoms with van der Waals surface area (Å²) < 4.78 is 15.4. The Morgan fingerprint density at radius 3 is 2.79 bits per heavy atom. The minimum Gasteiger partial charge on any atom is -0.267 e. The Morgan fingerprint density at radius 1 is 1.24 bits per heavy atom. The molecule has 144 valence electrons. The van der Waals surface area contributed by atoms with Gasteiger partial charge in [0.2, 0.25) is 0 Å². The summed E-state index contributed by atoms with van der Waals surface area (Å²) in [4.78, 5) is 22.2. The molecule has 0 unspecified atom stereocenters. The minimum absolute atomic E-state index is 0.275. The lowest BCUT2D eigenvalue weighted by molar-refractivity contribution is 0.101. The second-order valence-corrected chi connectivity index (χ2v) is 8.42. The van der Waals surface area contributed by atoms with Crippen molar-refractivity contribution in [3.8, 4) is 11.3 Å². The Balaban J connectivity index is 1.55. The number of pyridine rings is 2. The van der Waals surface area contributed by atoms with E-state index >= 15 is 0 Å². The summed E-state index contributed by atoms with van der Waals surface area (Å²) in [6.07, 6.45) is 3.74. The number of rotatable bonds is 4. The van der Waals surface area contributed by atoms with Crippen molar-refractivity contribution in [2.75, 3.05) is 5.43 Å². The van der Waals surface area contributed by atoms with Crippen molar-refractivity contribution in [1.29, 1.82) is 0 Å². The molecule has 1 aromatic carbocycles. The van der Waals surface area contributed by atoms with Gasteiger partial charge < -0.3 is 0 Å². The molecule has 1 saturated carbocycles. The molecular weight excluding hydrogens is 407 g/mol. The molecule has 0 radical (unpaired) electrons. The zero-order valence-corrected chi connectivity index (χ0v) is 16.8. The Hall–Kier alpha value is -2.97. The third-order valence-corrected chi connectivity index (χ3v) is 6.07. The first-order chi connectivity index (χ1) is 14.1.